The van der Waals surface area contributed by atoms with Crippen molar-refractivity contribution in [1.82, 2.24) is 0 Å². The molecule has 0 amide bonds. The number of hydrogen-bond donors (Lipinski definition) is 8. The first-order valence-corrected chi connectivity index (χ1v) is 11.0. The zero-order valence-electron chi connectivity index (χ0n) is 19.4. The zero-order chi connectivity index (χ0) is 28.4. The molecule has 38 heavy (non-hydrogen) atoms. The summed E-state index contributed by atoms with van der Waals surface area (Å²) in [7, 11) is 0. The number of benzene rings is 2. The van der Waals surface area contributed by atoms with Crippen LogP contribution in [0, 0.1) is 20.2 Å². The molecule has 8 atom stereocenters. The van der Waals surface area contributed by atoms with Gasteiger partial charge < -0.3 is 50.3 Å². The molecule has 2 aromatic rings. The maximum atomic E-state index is 10.5. The summed E-state index contributed by atoms with van der Waals surface area (Å²) in [6, 6.07) is 9.41. The number of nitro benzene ring substituents is 2. The second-order valence-electron chi connectivity index (χ2n) is 8.63. The number of hydrogen-bond acceptors (Lipinski definition) is 14. The highest BCUT2D eigenvalue weighted by atomic mass is 16.7. The van der Waals surface area contributed by atoms with Gasteiger partial charge >= 0.3 is 0 Å². The van der Waals surface area contributed by atoms with E-state index in [2.05, 4.69) is 0 Å². The molecule has 0 spiro atoms. The summed E-state index contributed by atoms with van der Waals surface area (Å²) in [4.78, 5) is 19.8. The van der Waals surface area contributed by atoms with Crippen molar-refractivity contribution in [2.75, 3.05) is 13.2 Å². The van der Waals surface area contributed by atoms with Crippen LogP contribution in [0.2, 0.25) is 0 Å². The largest absolute Gasteiger partial charge is 0.388 e. The fourth-order valence-electron chi connectivity index (χ4n) is 3.83. The van der Waals surface area contributed by atoms with Crippen LogP contribution in [0.3, 0.4) is 0 Å². The Hall–Kier alpha value is -3.16. The van der Waals surface area contributed by atoms with Crippen molar-refractivity contribution < 1.29 is 60.2 Å². The Kier molecular flexibility index (Phi) is 8.74. The molecule has 8 N–H and O–H groups in total. The van der Waals surface area contributed by atoms with E-state index < -0.39 is 58.0 Å². The fraction of sp³-hybridized carbons (Fsp3) is 0.455. The Morgan fingerprint density at radius 3 is 1.18 bits per heavy atom. The Labute approximate surface area is 213 Å². The van der Waals surface area contributed by atoms with E-state index in [0.29, 0.717) is 0 Å². The van der Waals surface area contributed by atoms with Crippen molar-refractivity contribution >= 4 is 11.4 Å². The average molecular weight is 542 g/mol. The van der Waals surface area contributed by atoms with Crippen molar-refractivity contribution in [3.05, 3.63) is 79.9 Å². The van der Waals surface area contributed by atoms with Crippen molar-refractivity contribution in [1.29, 1.82) is 0 Å². The Morgan fingerprint density at radius 2 is 0.921 bits per heavy atom. The summed E-state index contributed by atoms with van der Waals surface area (Å²) < 4.78 is 9.94. The van der Waals surface area contributed by atoms with Gasteiger partial charge in [0.1, 0.15) is 36.6 Å². The number of aliphatic hydroxyl groups excluding tert-OH is 6. The van der Waals surface area contributed by atoms with Gasteiger partial charge in [0.15, 0.2) is 0 Å². The van der Waals surface area contributed by atoms with Crippen LogP contribution >= 0.6 is 0 Å². The first-order valence-electron chi connectivity index (χ1n) is 11.0. The first kappa shape index (κ1) is 29.4. The van der Waals surface area contributed by atoms with E-state index in [4.69, 9.17) is 9.47 Å². The molecule has 0 aliphatic carbocycles. The predicted octanol–water partition coefficient (Wildman–Crippen LogP) is -2.29. The fourth-order valence-corrected chi connectivity index (χ4v) is 3.83. The molecule has 2 aliphatic rings. The maximum Gasteiger partial charge on any atom is 0.269 e. The highest BCUT2D eigenvalue weighted by Gasteiger charge is 2.50. The van der Waals surface area contributed by atoms with E-state index in [1.165, 1.54) is 24.3 Å². The van der Waals surface area contributed by atoms with Gasteiger partial charge in [0.05, 0.1) is 23.1 Å². The minimum Gasteiger partial charge on any atom is -0.388 e. The van der Waals surface area contributed by atoms with Gasteiger partial charge in [-0.15, -0.1) is 0 Å². The van der Waals surface area contributed by atoms with Crippen LogP contribution in [0.4, 0.5) is 11.4 Å². The Morgan fingerprint density at radius 1 is 0.632 bits per heavy atom. The standard InChI is InChI=1S/2C11H13NO7/c2*13-8-5-19-11(16,10(15)9(8)14)6-1-3-7(4-2-6)12(17)18/h2*1-4,8-10,13-16H,5H2/t2*8-,9+,10-,11-/m11/s1. The van der Waals surface area contributed by atoms with Crippen LogP contribution < -0.4 is 0 Å². The minimum atomic E-state index is -2.21. The van der Waals surface area contributed by atoms with Gasteiger partial charge in [0.2, 0.25) is 11.6 Å². The molecule has 4 rings (SSSR count). The predicted molar refractivity (Wildman–Crippen MR) is 122 cm³/mol. The van der Waals surface area contributed by atoms with Crippen molar-refractivity contribution in [2.45, 2.75) is 48.2 Å². The van der Waals surface area contributed by atoms with E-state index in [1.54, 1.807) is 0 Å². The van der Waals surface area contributed by atoms with E-state index in [9.17, 15) is 61.1 Å². The second kappa shape index (κ2) is 11.3. The number of nitrogens with zero attached hydrogens (tertiary/aromatic N) is 2. The van der Waals surface area contributed by atoms with Crippen molar-refractivity contribution in [3.8, 4) is 0 Å². The molecule has 2 saturated heterocycles. The topological polar surface area (TPSA) is 267 Å². The highest BCUT2D eigenvalue weighted by Crippen LogP contribution is 2.35. The molecule has 2 heterocycles. The molecule has 16 nitrogen and oxygen atoms in total. The van der Waals surface area contributed by atoms with Gasteiger partial charge in [-0.1, -0.05) is 0 Å². The first-order chi connectivity index (χ1) is 17.7. The lowest BCUT2D eigenvalue weighted by atomic mass is 9.91. The third-order valence-electron chi connectivity index (χ3n) is 6.17. The number of aliphatic hydroxyl groups is 8. The lowest BCUT2D eigenvalue weighted by Gasteiger charge is -2.41. The SMILES string of the molecule is O=[N+]([O-])c1ccc([C@@]2(O)OC[C@@H](O)[C@H](O)[C@H]2O)cc1.O=[N+]([O-])c1ccc([C@@]2(O)OC[C@@H](O)[C@H](O)[C@H]2O)cc1. The minimum absolute atomic E-state index is 0.0524. The quantitative estimate of drug-likeness (QED) is 0.149. The monoisotopic (exact) mass is 542 g/mol. The van der Waals surface area contributed by atoms with Gasteiger partial charge in [-0.2, -0.15) is 0 Å². The van der Waals surface area contributed by atoms with E-state index in [1.807, 2.05) is 0 Å². The molecule has 0 saturated carbocycles. The molecular formula is C22H26N2O14. The van der Waals surface area contributed by atoms with Crippen LogP contribution in [0.5, 0.6) is 0 Å². The van der Waals surface area contributed by atoms with Crippen molar-refractivity contribution in [2.24, 2.45) is 0 Å². The summed E-state index contributed by atoms with van der Waals surface area (Å²) in [6.07, 6.45) is -9.31. The van der Waals surface area contributed by atoms with Crippen molar-refractivity contribution in [3.63, 3.8) is 0 Å². The van der Waals surface area contributed by atoms with Crippen LogP contribution in [0.1, 0.15) is 11.1 Å². The zero-order valence-corrected chi connectivity index (χ0v) is 19.4. The van der Waals surface area contributed by atoms with Gasteiger partial charge in [-0.3, -0.25) is 20.2 Å². The van der Waals surface area contributed by atoms with E-state index >= 15 is 0 Å². The number of ether oxygens (including phenoxy) is 2. The van der Waals surface area contributed by atoms with Gasteiger partial charge in [0, 0.05) is 35.4 Å². The summed E-state index contributed by atoms with van der Waals surface area (Å²) in [5.41, 5.74) is -0.260. The number of nitro groups is 2. The average Bonchev–Trinajstić information content (AvgIpc) is 2.91. The normalized spacial score (nSPS) is 35.1. The number of non-ortho nitro benzene ring substituents is 2. The van der Waals surface area contributed by atoms with Gasteiger partial charge in [0.25, 0.3) is 11.4 Å². The van der Waals surface area contributed by atoms with Crippen LogP contribution in [0.15, 0.2) is 48.5 Å². The van der Waals surface area contributed by atoms with Gasteiger partial charge in [-0.25, -0.2) is 0 Å². The molecule has 0 aromatic heterocycles. The second-order valence-corrected chi connectivity index (χ2v) is 8.63. The number of rotatable bonds is 4. The summed E-state index contributed by atoms with van der Waals surface area (Å²) >= 11 is 0. The lowest BCUT2D eigenvalue weighted by Crippen LogP contribution is -2.58. The third-order valence-corrected chi connectivity index (χ3v) is 6.17. The molecule has 2 fully saturated rings. The van der Waals surface area contributed by atoms with E-state index in [0.717, 1.165) is 24.3 Å². The third kappa shape index (κ3) is 5.64. The maximum absolute atomic E-state index is 10.5. The Bertz CT molecular complexity index is 1040. The molecule has 0 bridgehead atoms. The van der Waals surface area contributed by atoms with Crippen LogP contribution in [-0.4, -0.2) is 101 Å². The lowest BCUT2D eigenvalue weighted by molar-refractivity contribution is -0.385. The molecular weight excluding hydrogens is 516 g/mol. The summed E-state index contributed by atoms with van der Waals surface area (Å²) in [5.74, 6) is -4.43. The van der Waals surface area contributed by atoms with E-state index in [-0.39, 0.29) is 35.7 Å². The van der Waals surface area contributed by atoms with Crippen LogP contribution in [0.25, 0.3) is 0 Å². The summed E-state index contributed by atoms with van der Waals surface area (Å²) in [5, 5.41) is 98.7. The Balaban J connectivity index is 0.000000211. The molecule has 0 radical (unpaired) electrons. The van der Waals surface area contributed by atoms with Gasteiger partial charge in [-0.05, 0) is 24.3 Å². The molecule has 0 unspecified atom stereocenters. The summed E-state index contributed by atoms with van der Waals surface area (Å²) in [6.45, 7) is -0.739. The van der Waals surface area contributed by atoms with Crippen LogP contribution in [-0.2, 0) is 21.0 Å². The smallest absolute Gasteiger partial charge is 0.269 e. The highest BCUT2D eigenvalue weighted by molar-refractivity contribution is 5.36. The molecule has 208 valence electrons. The molecule has 2 aliphatic heterocycles. The molecule has 2 aromatic carbocycles. The molecule has 16 heteroatoms.